The molecule has 0 spiro atoms. The van der Waals surface area contributed by atoms with Crippen LogP contribution in [-0.4, -0.2) is 30.4 Å². The molecule has 2 fully saturated rings. The molecular formula is C15H23BN2O2. The number of hydrogen-bond acceptors (Lipinski definition) is 4. The Morgan fingerprint density at radius 1 is 1.20 bits per heavy atom. The van der Waals surface area contributed by atoms with Crippen molar-refractivity contribution >= 4 is 18.4 Å². The van der Waals surface area contributed by atoms with Crippen LogP contribution in [0.15, 0.2) is 12.3 Å². The number of rotatable bonds is 3. The van der Waals surface area contributed by atoms with Gasteiger partial charge in [-0.15, -0.1) is 0 Å². The summed E-state index contributed by atoms with van der Waals surface area (Å²) in [5, 5.41) is 3.17. The van der Waals surface area contributed by atoms with Crippen molar-refractivity contribution in [3.63, 3.8) is 0 Å². The van der Waals surface area contributed by atoms with E-state index in [0.29, 0.717) is 5.92 Å². The molecule has 108 valence electrons. The zero-order valence-electron chi connectivity index (χ0n) is 13.0. The van der Waals surface area contributed by atoms with Crippen molar-refractivity contribution in [3.05, 3.63) is 17.8 Å². The van der Waals surface area contributed by atoms with Gasteiger partial charge in [0, 0.05) is 18.7 Å². The van der Waals surface area contributed by atoms with Gasteiger partial charge in [-0.25, -0.2) is 4.98 Å². The lowest BCUT2D eigenvalue weighted by Crippen LogP contribution is -2.41. The molecule has 0 amide bonds. The highest BCUT2D eigenvalue weighted by molar-refractivity contribution is 6.62. The lowest BCUT2D eigenvalue weighted by molar-refractivity contribution is 0.00578. The third kappa shape index (κ3) is 2.23. The topological polar surface area (TPSA) is 43.4 Å². The van der Waals surface area contributed by atoms with Crippen LogP contribution in [0.2, 0.25) is 0 Å². The molecule has 5 heteroatoms. The molecule has 4 nitrogen and oxygen atoms in total. The minimum atomic E-state index is -0.323. The molecule has 1 N–H and O–H groups in total. The molecule has 0 radical (unpaired) electrons. The Morgan fingerprint density at radius 2 is 1.80 bits per heavy atom. The molecule has 1 aromatic rings. The van der Waals surface area contributed by atoms with Gasteiger partial charge in [-0.1, -0.05) is 6.07 Å². The van der Waals surface area contributed by atoms with Crippen molar-refractivity contribution in [1.29, 1.82) is 0 Å². The molecule has 1 saturated carbocycles. The van der Waals surface area contributed by atoms with Crippen LogP contribution in [-0.2, 0) is 9.31 Å². The molecule has 1 aliphatic heterocycles. The predicted octanol–water partition coefficient (Wildman–Crippen LogP) is 2.30. The van der Waals surface area contributed by atoms with Crippen LogP contribution >= 0.6 is 0 Å². The van der Waals surface area contributed by atoms with Crippen molar-refractivity contribution in [3.8, 4) is 0 Å². The van der Waals surface area contributed by atoms with Crippen LogP contribution in [0.25, 0.3) is 0 Å². The summed E-state index contributed by atoms with van der Waals surface area (Å²) in [6.07, 6.45) is 4.37. The van der Waals surface area contributed by atoms with Gasteiger partial charge in [-0.3, -0.25) is 0 Å². The molecule has 2 aliphatic rings. The van der Waals surface area contributed by atoms with Crippen LogP contribution in [0.1, 0.15) is 52.0 Å². The Morgan fingerprint density at radius 3 is 2.30 bits per heavy atom. The van der Waals surface area contributed by atoms with E-state index in [1.807, 2.05) is 13.2 Å². The number of nitrogens with zero attached hydrogens (tertiary/aromatic N) is 1. The van der Waals surface area contributed by atoms with Crippen LogP contribution in [0.4, 0.5) is 5.82 Å². The molecule has 20 heavy (non-hydrogen) atoms. The maximum Gasteiger partial charge on any atom is 0.496 e. The molecule has 2 heterocycles. The number of nitrogens with one attached hydrogen (secondary N) is 1. The number of anilines is 1. The Bertz CT molecular complexity index is 511. The molecule has 3 rings (SSSR count). The highest BCUT2D eigenvalue weighted by Gasteiger charge is 2.52. The summed E-state index contributed by atoms with van der Waals surface area (Å²) >= 11 is 0. The first-order valence-corrected chi connectivity index (χ1v) is 7.37. The van der Waals surface area contributed by atoms with E-state index in [9.17, 15) is 0 Å². The van der Waals surface area contributed by atoms with E-state index in [1.165, 1.54) is 18.4 Å². The second-order valence-electron chi connectivity index (χ2n) is 6.82. The number of pyridine rings is 1. The first kappa shape index (κ1) is 13.9. The molecule has 0 aromatic carbocycles. The fourth-order valence-corrected chi connectivity index (χ4v) is 2.52. The first-order chi connectivity index (χ1) is 9.34. The summed E-state index contributed by atoms with van der Waals surface area (Å²) in [4.78, 5) is 4.53. The summed E-state index contributed by atoms with van der Waals surface area (Å²) in [5.74, 6) is 1.63. The molecule has 1 saturated heterocycles. The minimum Gasteiger partial charge on any atom is -0.399 e. The maximum atomic E-state index is 6.10. The summed E-state index contributed by atoms with van der Waals surface area (Å²) in [5.41, 5.74) is 1.70. The largest absolute Gasteiger partial charge is 0.496 e. The van der Waals surface area contributed by atoms with Crippen molar-refractivity contribution in [2.24, 2.45) is 0 Å². The van der Waals surface area contributed by atoms with Gasteiger partial charge in [0.1, 0.15) is 5.82 Å². The van der Waals surface area contributed by atoms with E-state index in [1.54, 1.807) is 0 Å². The van der Waals surface area contributed by atoms with Gasteiger partial charge in [0.05, 0.1) is 11.2 Å². The lowest BCUT2D eigenvalue weighted by atomic mass is 9.79. The predicted molar refractivity (Wildman–Crippen MR) is 81.5 cm³/mol. The van der Waals surface area contributed by atoms with Crippen LogP contribution in [0, 0.1) is 0 Å². The fourth-order valence-electron chi connectivity index (χ4n) is 2.52. The first-order valence-electron chi connectivity index (χ1n) is 7.37. The quantitative estimate of drug-likeness (QED) is 0.859. The molecular weight excluding hydrogens is 251 g/mol. The van der Waals surface area contributed by atoms with Crippen LogP contribution in [0.3, 0.4) is 0 Å². The van der Waals surface area contributed by atoms with E-state index in [4.69, 9.17) is 9.31 Å². The third-order valence-electron chi connectivity index (χ3n) is 4.72. The smallest absolute Gasteiger partial charge is 0.399 e. The Balaban J connectivity index is 1.90. The SMILES string of the molecule is CNc1ncc(B2OC(C)(C)C(C)(C)O2)cc1C1CC1. The lowest BCUT2D eigenvalue weighted by Gasteiger charge is -2.32. The van der Waals surface area contributed by atoms with Gasteiger partial charge < -0.3 is 14.6 Å². The fraction of sp³-hybridized carbons (Fsp3) is 0.667. The Labute approximate surface area is 121 Å². The van der Waals surface area contributed by atoms with Gasteiger partial charge in [-0.05, 0) is 52.0 Å². The van der Waals surface area contributed by atoms with Crippen LogP contribution < -0.4 is 10.8 Å². The summed E-state index contributed by atoms with van der Waals surface area (Å²) in [7, 11) is 1.60. The molecule has 0 bridgehead atoms. The third-order valence-corrected chi connectivity index (χ3v) is 4.72. The van der Waals surface area contributed by atoms with E-state index < -0.39 is 0 Å². The summed E-state index contributed by atoms with van der Waals surface area (Å²) < 4.78 is 12.2. The maximum absolute atomic E-state index is 6.10. The average Bonchev–Trinajstić information content (AvgIpc) is 3.17. The number of hydrogen-bond donors (Lipinski definition) is 1. The Kier molecular flexibility index (Phi) is 3.10. The summed E-state index contributed by atoms with van der Waals surface area (Å²) in [6, 6.07) is 2.19. The second kappa shape index (κ2) is 4.47. The van der Waals surface area contributed by atoms with E-state index in [-0.39, 0.29) is 18.3 Å². The monoisotopic (exact) mass is 274 g/mol. The minimum absolute atomic E-state index is 0.306. The van der Waals surface area contributed by atoms with Gasteiger partial charge in [0.15, 0.2) is 0 Å². The molecule has 1 aliphatic carbocycles. The van der Waals surface area contributed by atoms with Gasteiger partial charge in [0.25, 0.3) is 0 Å². The number of aromatic nitrogens is 1. The van der Waals surface area contributed by atoms with Crippen molar-refractivity contribution in [2.75, 3.05) is 12.4 Å². The van der Waals surface area contributed by atoms with Crippen molar-refractivity contribution < 1.29 is 9.31 Å². The highest BCUT2D eigenvalue weighted by Crippen LogP contribution is 2.43. The van der Waals surface area contributed by atoms with Crippen LogP contribution in [0.5, 0.6) is 0 Å². The van der Waals surface area contributed by atoms with E-state index >= 15 is 0 Å². The standard InChI is InChI=1S/C15H23BN2O2/c1-14(2)15(3,4)20-16(19-14)11-8-12(10-6-7-10)13(17-5)18-9-11/h8-10H,6-7H2,1-5H3,(H,17,18). The van der Waals surface area contributed by atoms with E-state index in [2.05, 4.69) is 44.1 Å². The van der Waals surface area contributed by atoms with E-state index in [0.717, 1.165) is 11.3 Å². The highest BCUT2D eigenvalue weighted by atomic mass is 16.7. The van der Waals surface area contributed by atoms with Gasteiger partial charge >= 0.3 is 7.12 Å². The van der Waals surface area contributed by atoms with Crippen molar-refractivity contribution in [2.45, 2.75) is 57.7 Å². The summed E-state index contributed by atoms with van der Waals surface area (Å²) in [6.45, 7) is 8.29. The average molecular weight is 274 g/mol. The molecule has 1 aromatic heterocycles. The normalized spacial score (nSPS) is 23.9. The second-order valence-corrected chi connectivity index (χ2v) is 6.82. The van der Waals surface area contributed by atoms with Gasteiger partial charge in [-0.2, -0.15) is 0 Å². The zero-order chi connectivity index (χ0) is 14.5. The van der Waals surface area contributed by atoms with Crippen molar-refractivity contribution in [1.82, 2.24) is 4.98 Å². The zero-order valence-corrected chi connectivity index (χ0v) is 13.0. The molecule has 0 unspecified atom stereocenters. The molecule has 0 atom stereocenters. The Hall–Kier alpha value is -1.07. The van der Waals surface area contributed by atoms with Gasteiger partial charge in [0.2, 0.25) is 0 Å².